The molecule has 34 heavy (non-hydrogen) atoms. The number of nitrogens with zero attached hydrogens (tertiary/aromatic N) is 2. The molecule has 2 atom stereocenters. The Morgan fingerprint density at radius 2 is 1.65 bits per heavy atom. The van der Waals surface area contributed by atoms with Crippen molar-refractivity contribution in [3.05, 3.63) is 51.5 Å². The van der Waals surface area contributed by atoms with E-state index in [0.717, 1.165) is 5.56 Å². The molecule has 8 nitrogen and oxygen atoms in total. The molecule has 10 heteroatoms. The van der Waals surface area contributed by atoms with Crippen LogP contribution in [0.3, 0.4) is 0 Å². The summed E-state index contributed by atoms with van der Waals surface area (Å²) in [5.74, 6) is 0.926. The van der Waals surface area contributed by atoms with Crippen LogP contribution in [0.1, 0.15) is 37.4 Å². The molecule has 0 fully saturated rings. The maximum atomic E-state index is 13.0. The third-order valence-corrected chi connectivity index (χ3v) is 6.12. The van der Waals surface area contributed by atoms with Crippen LogP contribution < -0.4 is 14.4 Å². The van der Waals surface area contributed by atoms with E-state index >= 15 is 0 Å². The molecule has 0 radical (unpaired) electrons. The third kappa shape index (κ3) is 5.28. The van der Waals surface area contributed by atoms with Gasteiger partial charge in [0.1, 0.15) is 0 Å². The molecule has 3 rings (SSSR count). The highest BCUT2D eigenvalue weighted by Crippen LogP contribution is 2.46. The molecule has 0 saturated heterocycles. The van der Waals surface area contributed by atoms with Gasteiger partial charge in [-0.15, -0.1) is 0 Å². The first-order valence-electron chi connectivity index (χ1n) is 10.7. The molecule has 0 saturated carbocycles. The van der Waals surface area contributed by atoms with Gasteiger partial charge in [0.25, 0.3) is 0 Å². The summed E-state index contributed by atoms with van der Waals surface area (Å²) < 4.78 is 21.4. The molecule has 0 N–H and O–H groups in total. The highest BCUT2D eigenvalue weighted by Gasteiger charge is 2.40. The minimum Gasteiger partial charge on any atom is -0.493 e. The van der Waals surface area contributed by atoms with Gasteiger partial charge in [-0.2, -0.15) is 0 Å². The lowest BCUT2D eigenvalue weighted by atomic mass is 9.90. The third-order valence-electron chi connectivity index (χ3n) is 5.68. The summed E-state index contributed by atoms with van der Waals surface area (Å²) in [7, 11) is 4.37. The van der Waals surface area contributed by atoms with Crippen LogP contribution >= 0.6 is 23.2 Å². The molecule has 0 bridgehead atoms. The Hall–Kier alpha value is -2.84. The molecule has 0 unspecified atom stereocenters. The van der Waals surface area contributed by atoms with E-state index in [4.69, 9.17) is 42.1 Å². The Morgan fingerprint density at radius 3 is 2.21 bits per heavy atom. The summed E-state index contributed by atoms with van der Waals surface area (Å²) in [6.07, 6.45) is -0.572. The number of halogens is 2. The molecule has 0 aromatic heterocycles. The Kier molecular flexibility index (Phi) is 8.38. The second-order valence-corrected chi connectivity index (χ2v) is 8.68. The van der Waals surface area contributed by atoms with Crippen molar-refractivity contribution in [2.24, 2.45) is 0 Å². The molecule has 1 aliphatic rings. The lowest BCUT2D eigenvalue weighted by molar-refractivity contribution is 0.0941. The molecule has 2 amide bonds. The van der Waals surface area contributed by atoms with Crippen LogP contribution in [0.15, 0.2) is 30.3 Å². The van der Waals surface area contributed by atoms with Gasteiger partial charge in [0.2, 0.25) is 0 Å². The van der Waals surface area contributed by atoms with E-state index < -0.39 is 18.2 Å². The largest absolute Gasteiger partial charge is 0.493 e. The van der Waals surface area contributed by atoms with Gasteiger partial charge in [-0.1, -0.05) is 23.2 Å². The zero-order valence-corrected chi connectivity index (χ0v) is 21.3. The van der Waals surface area contributed by atoms with Crippen LogP contribution in [0, 0.1) is 0 Å². The van der Waals surface area contributed by atoms with Crippen LogP contribution in [-0.2, 0) is 16.0 Å². The summed E-state index contributed by atoms with van der Waals surface area (Å²) in [5.41, 5.74) is 2.01. The topological polar surface area (TPSA) is 77.5 Å². The number of amides is 2. The van der Waals surface area contributed by atoms with Crippen molar-refractivity contribution in [1.29, 1.82) is 0 Å². The van der Waals surface area contributed by atoms with E-state index in [-0.39, 0.29) is 19.2 Å². The first-order valence-corrected chi connectivity index (χ1v) is 11.5. The summed E-state index contributed by atoms with van der Waals surface area (Å²) in [5, 5.41) is 0.925. The van der Waals surface area contributed by atoms with Crippen LogP contribution in [0.5, 0.6) is 11.5 Å². The van der Waals surface area contributed by atoms with Gasteiger partial charge in [0.05, 0.1) is 39.7 Å². The summed E-state index contributed by atoms with van der Waals surface area (Å²) in [6.45, 7) is 4.07. The van der Waals surface area contributed by atoms with Crippen molar-refractivity contribution in [3.63, 3.8) is 0 Å². The van der Waals surface area contributed by atoms with Crippen LogP contribution in [0.4, 0.5) is 15.3 Å². The SMILES string of the molecule is CCOC(=O)N1c2cc(OC)c(OC)cc2[C@H](N(Cc2cc(Cl)cc(Cl)c2)C(=O)OC)C[C@@H]1C. The van der Waals surface area contributed by atoms with Gasteiger partial charge in [-0.25, -0.2) is 9.59 Å². The number of carbonyl (C=O) groups is 2. The normalized spacial score (nSPS) is 17.0. The first kappa shape index (κ1) is 25.8. The zero-order chi connectivity index (χ0) is 25.0. The van der Waals surface area contributed by atoms with Crippen LogP contribution in [0.25, 0.3) is 0 Å². The fraction of sp³-hybridized carbons (Fsp3) is 0.417. The fourth-order valence-electron chi connectivity index (χ4n) is 4.24. The molecule has 0 spiro atoms. The van der Waals surface area contributed by atoms with Crippen molar-refractivity contribution >= 4 is 41.1 Å². The summed E-state index contributed by atoms with van der Waals surface area (Å²) in [4.78, 5) is 29.0. The minimum atomic E-state index is -0.529. The van der Waals surface area contributed by atoms with Crippen molar-refractivity contribution < 1.29 is 28.5 Å². The van der Waals surface area contributed by atoms with E-state index in [1.165, 1.54) is 21.3 Å². The number of ether oxygens (including phenoxy) is 4. The number of fused-ring (bicyclic) bond motifs is 1. The zero-order valence-electron chi connectivity index (χ0n) is 19.8. The maximum Gasteiger partial charge on any atom is 0.414 e. The van der Waals surface area contributed by atoms with E-state index in [2.05, 4.69) is 0 Å². The summed E-state index contributed by atoms with van der Waals surface area (Å²) in [6, 6.07) is 7.88. The maximum absolute atomic E-state index is 13.0. The quantitative estimate of drug-likeness (QED) is 0.468. The van der Waals surface area contributed by atoms with Gasteiger partial charge >= 0.3 is 12.2 Å². The smallest absolute Gasteiger partial charge is 0.414 e. The fourth-order valence-corrected chi connectivity index (χ4v) is 4.81. The lowest BCUT2D eigenvalue weighted by Crippen LogP contribution is -2.47. The second-order valence-electron chi connectivity index (χ2n) is 7.81. The van der Waals surface area contributed by atoms with E-state index in [1.807, 2.05) is 6.92 Å². The molecule has 184 valence electrons. The number of hydrogen-bond acceptors (Lipinski definition) is 6. The Morgan fingerprint density at radius 1 is 1.03 bits per heavy atom. The predicted octanol–water partition coefficient (Wildman–Crippen LogP) is 6.08. The molecular formula is C24H28Cl2N2O6. The van der Waals surface area contributed by atoms with Crippen molar-refractivity contribution in [3.8, 4) is 11.5 Å². The van der Waals surface area contributed by atoms with E-state index in [0.29, 0.717) is 39.2 Å². The molecular weight excluding hydrogens is 483 g/mol. The molecule has 2 aromatic carbocycles. The number of benzene rings is 2. The first-order chi connectivity index (χ1) is 16.2. The Bertz CT molecular complexity index is 1040. The summed E-state index contributed by atoms with van der Waals surface area (Å²) >= 11 is 12.4. The number of rotatable bonds is 6. The van der Waals surface area contributed by atoms with Gasteiger partial charge < -0.3 is 18.9 Å². The average Bonchev–Trinajstić information content (AvgIpc) is 2.80. The molecule has 1 aliphatic heterocycles. The number of carbonyl (C=O) groups excluding carboxylic acids is 2. The van der Waals surface area contributed by atoms with Gasteiger partial charge in [0, 0.05) is 34.3 Å². The van der Waals surface area contributed by atoms with E-state index in [9.17, 15) is 9.59 Å². The lowest BCUT2D eigenvalue weighted by Gasteiger charge is -2.42. The van der Waals surface area contributed by atoms with Gasteiger partial charge in [0.15, 0.2) is 11.5 Å². The number of methoxy groups -OCH3 is 3. The molecule has 1 heterocycles. The van der Waals surface area contributed by atoms with Gasteiger partial charge in [-0.3, -0.25) is 9.80 Å². The second kappa shape index (κ2) is 11.1. The van der Waals surface area contributed by atoms with Crippen LogP contribution in [0.2, 0.25) is 10.0 Å². The highest BCUT2D eigenvalue weighted by molar-refractivity contribution is 6.34. The van der Waals surface area contributed by atoms with E-state index in [1.54, 1.807) is 47.1 Å². The molecule has 0 aliphatic carbocycles. The van der Waals surface area contributed by atoms with Crippen LogP contribution in [-0.4, -0.2) is 51.1 Å². The van der Waals surface area contributed by atoms with Crippen molar-refractivity contribution in [1.82, 2.24) is 4.90 Å². The number of anilines is 1. The van der Waals surface area contributed by atoms with Crippen molar-refractivity contribution in [2.45, 2.75) is 38.9 Å². The standard InChI is InChI=1S/C24H28Cl2N2O6/c1-6-34-24(30)28-14(2)7-19(18-11-21(31-3)22(32-4)12-20(18)28)27(23(29)33-5)13-15-8-16(25)10-17(26)9-15/h8-12,14,19H,6-7,13H2,1-5H3/t14-,19+/m0/s1. The minimum absolute atomic E-state index is 0.192. The predicted molar refractivity (Wildman–Crippen MR) is 130 cm³/mol. The average molecular weight is 511 g/mol. The highest BCUT2D eigenvalue weighted by atomic mass is 35.5. The van der Waals surface area contributed by atoms with Crippen molar-refractivity contribution in [2.75, 3.05) is 32.8 Å². The monoisotopic (exact) mass is 510 g/mol. The number of hydrogen-bond donors (Lipinski definition) is 0. The Balaban J connectivity index is 2.15. The molecule has 2 aromatic rings. The Labute approximate surface area is 209 Å². The van der Waals surface area contributed by atoms with Gasteiger partial charge in [-0.05, 0) is 50.1 Å².